The molecule has 2 rings (SSSR count). The van der Waals surface area contributed by atoms with Crippen molar-refractivity contribution < 1.29 is 9.90 Å². The zero-order valence-corrected chi connectivity index (χ0v) is 8.48. The van der Waals surface area contributed by atoms with Gasteiger partial charge in [0.15, 0.2) is 5.69 Å². The third kappa shape index (κ3) is 1.41. The van der Waals surface area contributed by atoms with Crippen LogP contribution in [0.3, 0.4) is 0 Å². The van der Waals surface area contributed by atoms with Crippen LogP contribution in [0.25, 0.3) is 11.4 Å². The number of carboxylic acids is 1. The number of carbonyl (C=O) groups is 1. The number of carboxylic acid groups (broad SMARTS) is 1. The van der Waals surface area contributed by atoms with Crippen molar-refractivity contribution in [3.05, 3.63) is 29.8 Å². The molecule has 0 radical (unpaired) electrons. The Bertz CT molecular complexity index is 497. The van der Waals surface area contributed by atoms with Gasteiger partial charge >= 0.3 is 5.97 Å². The number of hydrogen-bond donors (Lipinski definition) is 2. The van der Waals surface area contributed by atoms with Gasteiger partial charge in [-0.3, -0.25) is 0 Å². The van der Waals surface area contributed by atoms with Crippen LogP contribution in [0.2, 0.25) is 0 Å². The fraction of sp³-hybridized carbons (Fsp3) is 0.200. The lowest BCUT2D eigenvalue weighted by Gasteiger charge is -2.01. The predicted octanol–water partition coefficient (Wildman–Crippen LogP) is 1.42. The lowest BCUT2D eigenvalue weighted by atomic mass is 10.2. The molecule has 2 aromatic rings. The SMILES string of the molecule is Cc1nc(C(=O)O)c(-c2ccc[nH]2)n1C. The highest BCUT2D eigenvalue weighted by Crippen LogP contribution is 2.22. The first kappa shape index (κ1) is 9.51. The Hall–Kier alpha value is -2.04. The summed E-state index contributed by atoms with van der Waals surface area (Å²) in [6, 6.07) is 3.65. The molecule has 0 atom stereocenters. The third-order valence-electron chi connectivity index (χ3n) is 2.37. The Morgan fingerprint density at radius 2 is 2.33 bits per heavy atom. The van der Waals surface area contributed by atoms with Gasteiger partial charge in [-0.05, 0) is 19.1 Å². The molecular weight excluding hydrogens is 194 g/mol. The van der Waals surface area contributed by atoms with Gasteiger partial charge in [0, 0.05) is 13.2 Å². The van der Waals surface area contributed by atoms with Crippen molar-refractivity contribution >= 4 is 5.97 Å². The first-order chi connectivity index (χ1) is 7.11. The number of aromatic nitrogens is 3. The zero-order chi connectivity index (χ0) is 11.0. The van der Waals surface area contributed by atoms with Crippen molar-refractivity contribution in [3.63, 3.8) is 0 Å². The molecule has 0 saturated heterocycles. The van der Waals surface area contributed by atoms with Crippen molar-refractivity contribution in [2.75, 3.05) is 0 Å². The van der Waals surface area contributed by atoms with E-state index in [2.05, 4.69) is 9.97 Å². The van der Waals surface area contributed by atoms with Crippen LogP contribution in [-0.2, 0) is 7.05 Å². The molecule has 0 bridgehead atoms. The van der Waals surface area contributed by atoms with E-state index in [9.17, 15) is 4.79 Å². The largest absolute Gasteiger partial charge is 0.476 e. The second-order valence-electron chi connectivity index (χ2n) is 3.30. The van der Waals surface area contributed by atoms with Crippen LogP contribution in [0.1, 0.15) is 16.3 Å². The molecule has 78 valence electrons. The second kappa shape index (κ2) is 3.27. The monoisotopic (exact) mass is 205 g/mol. The zero-order valence-electron chi connectivity index (χ0n) is 8.48. The van der Waals surface area contributed by atoms with Gasteiger partial charge in [-0.15, -0.1) is 0 Å². The van der Waals surface area contributed by atoms with Gasteiger partial charge in [0.1, 0.15) is 5.82 Å². The van der Waals surface area contributed by atoms with Crippen molar-refractivity contribution in [2.45, 2.75) is 6.92 Å². The molecule has 0 amide bonds. The molecule has 0 unspecified atom stereocenters. The molecule has 0 aromatic carbocycles. The molecule has 0 spiro atoms. The first-order valence-electron chi connectivity index (χ1n) is 4.51. The fourth-order valence-corrected chi connectivity index (χ4v) is 1.55. The second-order valence-corrected chi connectivity index (χ2v) is 3.30. The molecule has 2 N–H and O–H groups in total. The van der Waals surface area contributed by atoms with E-state index >= 15 is 0 Å². The quantitative estimate of drug-likeness (QED) is 0.778. The van der Waals surface area contributed by atoms with E-state index in [1.807, 2.05) is 12.1 Å². The van der Waals surface area contributed by atoms with Crippen LogP contribution in [0.5, 0.6) is 0 Å². The summed E-state index contributed by atoms with van der Waals surface area (Å²) < 4.78 is 1.76. The molecule has 0 aliphatic heterocycles. The molecular formula is C10H11N3O2. The van der Waals surface area contributed by atoms with Crippen LogP contribution in [-0.4, -0.2) is 25.6 Å². The summed E-state index contributed by atoms with van der Waals surface area (Å²) in [4.78, 5) is 18.0. The molecule has 2 aromatic heterocycles. The number of hydrogen-bond acceptors (Lipinski definition) is 2. The number of nitrogens with one attached hydrogen (secondary N) is 1. The molecule has 5 nitrogen and oxygen atoms in total. The first-order valence-corrected chi connectivity index (χ1v) is 4.51. The number of imidazole rings is 1. The topological polar surface area (TPSA) is 70.9 Å². The average Bonchev–Trinajstić information content (AvgIpc) is 2.76. The maximum atomic E-state index is 11.0. The fourth-order valence-electron chi connectivity index (χ4n) is 1.55. The van der Waals surface area contributed by atoms with Gasteiger partial charge in [-0.25, -0.2) is 9.78 Å². The maximum absolute atomic E-state index is 11.0. The van der Waals surface area contributed by atoms with Crippen LogP contribution < -0.4 is 0 Å². The van der Waals surface area contributed by atoms with E-state index in [1.54, 1.807) is 24.7 Å². The van der Waals surface area contributed by atoms with E-state index in [0.717, 1.165) is 5.69 Å². The minimum Gasteiger partial charge on any atom is -0.476 e. The number of nitrogens with zero attached hydrogens (tertiary/aromatic N) is 2. The summed E-state index contributed by atoms with van der Waals surface area (Å²) in [5, 5.41) is 9.01. The smallest absolute Gasteiger partial charge is 0.356 e. The molecule has 2 heterocycles. The molecule has 5 heteroatoms. The lowest BCUT2D eigenvalue weighted by molar-refractivity contribution is 0.0691. The highest BCUT2D eigenvalue weighted by Gasteiger charge is 2.19. The van der Waals surface area contributed by atoms with Gasteiger partial charge < -0.3 is 14.7 Å². The van der Waals surface area contributed by atoms with Crippen molar-refractivity contribution in [2.24, 2.45) is 7.05 Å². The summed E-state index contributed by atoms with van der Waals surface area (Å²) >= 11 is 0. The van der Waals surface area contributed by atoms with Crippen LogP contribution in [0.15, 0.2) is 18.3 Å². The van der Waals surface area contributed by atoms with E-state index in [4.69, 9.17) is 5.11 Å². The Morgan fingerprint density at radius 1 is 1.60 bits per heavy atom. The van der Waals surface area contributed by atoms with Gasteiger partial charge in [-0.1, -0.05) is 0 Å². The Morgan fingerprint density at radius 3 is 2.87 bits per heavy atom. The van der Waals surface area contributed by atoms with Gasteiger partial charge in [-0.2, -0.15) is 0 Å². The minimum absolute atomic E-state index is 0.0810. The van der Waals surface area contributed by atoms with Crippen molar-refractivity contribution in [1.29, 1.82) is 0 Å². The summed E-state index contributed by atoms with van der Waals surface area (Å²) in [7, 11) is 1.80. The molecule has 15 heavy (non-hydrogen) atoms. The summed E-state index contributed by atoms with van der Waals surface area (Å²) in [6.07, 6.45) is 1.75. The number of H-pyrrole nitrogens is 1. The number of rotatable bonds is 2. The standard InChI is InChI=1S/C10H11N3O2/c1-6-12-8(10(14)15)9(13(6)2)7-4-3-5-11-7/h3-5,11H,1-2H3,(H,14,15). The van der Waals surface area contributed by atoms with Crippen LogP contribution in [0, 0.1) is 6.92 Å². The lowest BCUT2D eigenvalue weighted by Crippen LogP contribution is -2.01. The normalized spacial score (nSPS) is 10.5. The Labute approximate surface area is 86.4 Å². The van der Waals surface area contributed by atoms with Gasteiger partial charge in [0.05, 0.1) is 11.4 Å². The number of aromatic amines is 1. The van der Waals surface area contributed by atoms with E-state index < -0.39 is 5.97 Å². The van der Waals surface area contributed by atoms with Gasteiger partial charge in [0.25, 0.3) is 0 Å². The highest BCUT2D eigenvalue weighted by atomic mass is 16.4. The molecule has 0 saturated carbocycles. The maximum Gasteiger partial charge on any atom is 0.356 e. The number of aryl methyl sites for hydroxylation is 1. The molecule has 0 aliphatic carbocycles. The third-order valence-corrected chi connectivity index (χ3v) is 2.37. The average molecular weight is 205 g/mol. The van der Waals surface area contributed by atoms with Crippen LogP contribution >= 0.6 is 0 Å². The van der Waals surface area contributed by atoms with E-state index in [-0.39, 0.29) is 5.69 Å². The predicted molar refractivity (Wildman–Crippen MR) is 54.7 cm³/mol. The number of aromatic carboxylic acids is 1. The highest BCUT2D eigenvalue weighted by molar-refractivity contribution is 5.92. The van der Waals surface area contributed by atoms with Gasteiger partial charge in [0.2, 0.25) is 0 Å². The summed E-state index contributed by atoms with van der Waals surface area (Å²) in [5.41, 5.74) is 1.44. The van der Waals surface area contributed by atoms with E-state index in [1.165, 1.54) is 0 Å². The van der Waals surface area contributed by atoms with Crippen molar-refractivity contribution in [3.8, 4) is 11.4 Å². The Balaban J connectivity index is 2.68. The van der Waals surface area contributed by atoms with E-state index in [0.29, 0.717) is 11.5 Å². The van der Waals surface area contributed by atoms with Crippen LogP contribution in [0.4, 0.5) is 0 Å². The summed E-state index contributed by atoms with van der Waals surface area (Å²) in [5.74, 6) is -0.333. The molecule has 0 fully saturated rings. The van der Waals surface area contributed by atoms with Crippen molar-refractivity contribution in [1.82, 2.24) is 14.5 Å². The minimum atomic E-state index is -1.01. The Kier molecular flexibility index (Phi) is 2.07. The summed E-state index contributed by atoms with van der Waals surface area (Å²) in [6.45, 7) is 1.78. The molecule has 0 aliphatic rings.